The Kier molecular flexibility index (Phi) is 5.42. The van der Waals surface area contributed by atoms with Crippen LogP contribution < -0.4 is 14.8 Å². The van der Waals surface area contributed by atoms with Crippen LogP contribution in [0.15, 0.2) is 42.5 Å². The van der Waals surface area contributed by atoms with Crippen LogP contribution in [0, 0.1) is 0 Å². The molecule has 2 rings (SSSR count). The maximum absolute atomic E-state index is 11.2. The van der Waals surface area contributed by atoms with E-state index in [1.54, 1.807) is 14.0 Å². The van der Waals surface area contributed by atoms with Gasteiger partial charge in [-0.15, -0.1) is 0 Å². The Balaban J connectivity index is 2.03. The number of hydrogen-bond donors (Lipinski definition) is 1. The number of Topliss-reactive ketones (excluding diaryl/α,β-unsaturated/α-hetero) is 1. The molecule has 0 saturated heterocycles. The van der Waals surface area contributed by atoms with Crippen LogP contribution in [0.25, 0.3) is 0 Å². The van der Waals surface area contributed by atoms with E-state index in [0.717, 1.165) is 22.7 Å². The van der Waals surface area contributed by atoms with Crippen molar-refractivity contribution in [3.05, 3.63) is 53.6 Å². The molecule has 0 aliphatic rings. The van der Waals surface area contributed by atoms with Crippen LogP contribution in [0.3, 0.4) is 0 Å². The number of nitrogens with one attached hydrogen (secondary N) is 1. The largest absolute Gasteiger partial charge is 0.493 e. The highest BCUT2D eigenvalue weighted by atomic mass is 16.5. The van der Waals surface area contributed by atoms with Gasteiger partial charge in [-0.05, 0) is 55.8 Å². The summed E-state index contributed by atoms with van der Waals surface area (Å²) in [4.78, 5) is 11.2. The highest BCUT2D eigenvalue weighted by molar-refractivity contribution is 5.94. The fourth-order valence-corrected chi connectivity index (χ4v) is 2.12. The van der Waals surface area contributed by atoms with E-state index >= 15 is 0 Å². The lowest BCUT2D eigenvalue weighted by molar-refractivity contribution is 0.101. The number of ketones is 1. The topological polar surface area (TPSA) is 47.6 Å². The van der Waals surface area contributed by atoms with E-state index in [9.17, 15) is 4.79 Å². The van der Waals surface area contributed by atoms with E-state index < -0.39 is 0 Å². The minimum Gasteiger partial charge on any atom is -0.493 e. The van der Waals surface area contributed by atoms with Crippen molar-refractivity contribution in [1.29, 1.82) is 0 Å². The molecule has 0 aromatic heterocycles. The van der Waals surface area contributed by atoms with Crippen molar-refractivity contribution in [2.24, 2.45) is 0 Å². The summed E-state index contributed by atoms with van der Waals surface area (Å²) in [6.07, 6.45) is 0. The molecule has 0 fully saturated rings. The third kappa shape index (κ3) is 4.01. The van der Waals surface area contributed by atoms with Gasteiger partial charge in [-0.1, -0.05) is 6.07 Å². The van der Waals surface area contributed by atoms with Gasteiger partial charge in [-0.3, -0.25) is 4.79 Å². The Labute approximate surface area is 131 Å². The van der Waals surface area contributed by atoms with Gasteiger partial charge in [0.15, 0.2) is 17.3 Å². The van der Waals surface area contributed by atoms with Gasteiger partial charge in [-0.2, -0.15) is 0 Å². The average Bonchev–Trinajstić information content (AvgIpc) is 2.54. The number of methoxy groups -OCH3 is 1. The third-order valence-electron chi connectivity index (χ3n) is 3.32. The Morgan fingerprint density at radius 1 is 1.09 bits per heavy atom. The predicted molar refractivity (Wildman–Crippen MR) is 87.9 cm³/mol. The van der Waals surface area contributed by atoms with Crippen LogP contribution >= 0.6 is 0 Å². The first kappa shape index (κ1) is 15.9. The van der Waals surface area contributed by atoms with E-state index in [4.69, 9.17) is 9.47 Å². The summed E-state index contributed by atoms with van der Waals surface area (Å²) in [5.74, 6) is 1.55. The molecule has 0 aliphatic heterocycles. The van der Waals surface area contributed by atoms with Gasteiger partial charge >= 0.3 is 0 Å². The molecule has 0 bridgehead atoms. The normalized spacial score (nSPS) is 10.1. The fraction of sp³-hybridized carbons (Fsp3) is 0.278. The second-order valence-electron chi connectivity index (χ2n) is 4.91. The van der Waals surface area contributed by atoms with E-state index in [0.29, 0.717) is 18.7 Å². The number of carbonyl (C=O) groups is 1. The van der Waals surface area contributed by atoms with Crippen LogP contribution in [0.2, 0.25) is 0 Å². The molecule has 0 radical (unpaired) electrons. The number of rotatable bonds is 7. The maximum Gasteiger partial charge on any atom is 0.161 e. The van der Waals surface area contributed by atoms with Gasteiger partial charge in [0.25, 0.3) is 0 Å². The Bertz CT molecular complexity index is 635. The quantitative estimate of drug-likeness (QED) is 0.787. The van der Waals surface area contributed by atoms with Crippen molar-refractivity contribution in [3.63, 3.8) is 0 Å². The van der Waals surface area contributed by atoms with Gasteiger partial charge in [0.05, 0.1) is 13.7 Å². The molecule has 116 valence electrons. The molecule has 22 heavy (non-hydrogen) atoms. The molecule has 0 unspecified atom stereocenters. The third-order valence-corrected chi connectivity index (χ3v) is 3.32. The number of anilines is 1. The molecule has 0 atom stereocenters. The first-order valence-corrected chi connectivity index (χ1v) is 7.28. The zero-order chi connectivity index (χ0) is 15.9. The smallest absolute Gasteiger partial charge is 0.161 e. The van der Waals surface area contributed by atoms with E-state index in [-0.39, 0.29) is 5.78 Å². The number of benzene rings is 2. The van der Waals surface area contributed by atoms with Crippen LogP contribution in [0.4, 0.5) is 5.69 Å². The highest BCUT2D eigenvalue weighted by Crippen LogP contribution is 2.28. The first-order chi connectivity index (χ1) is 10.6. The summed E-state index contributed by atoms with van der Waals surface area (Å²) in [6, 6.07) is 13.3. The minimum absolute atomic E-state index is 0.0720. The van der Waals surface area contributed by atoms with Crippen LogP contribution in [0.5, 0.6) is 11.5 Å². The molecule has 2 aromatic carbocycles. The van der Waals surface area contributed by atoms with Crippen LogP contribution in [-0.4, -0.2) is 19.5 Å². The molecule has 0 spiro atoms. The van der Waals surface area contributed by atoms with Crippen molar-refractivity contribution in [1.82, 2.24) is 0 Å². The van der Waals surface area contributed by atoms with Crippen molar-refractivity contribution >= 4 is 11.5 Å². The van der Waals surface area contributed by atoms with Crippen LogP contribution in [-0.2, 0) is 6.54 Å². The molecular weight excluding hydrogens is 278 g/mol. The standard InChI is InChI=1S/C18H21NO3/c1-4-22-17-10-5-14(11-18(17)21-3)12-19-16-8-6-15(7-9-16)13(2)20/h5-11,19H,4,12H2,1-3H3. The Morgan fingerprint density at radius 2 is 1.82 bits per heavy atom. The summed E-state index contributed by atoms with van der Waals surface area (Å²) in [6.45, 7) is 4.78. The molecule has 0 amide bonds. The van der Waals surface area contributed by atoms with E-state index in [2.05, 4.69) is 5.32 Å². The number of ether oxygens (including phenoxy) is 2. The van der Waals surface area contributed by atoms with Gasteiger partial charge in [0.2, 0.25) is 0 Å². The predicted octanol–water partition coefficient (Wildman–Crippen LogP) is 3.91. The second kappa shape index (κ2) is 7.50. The Morgan fingerprint density at radius 3 is 2.41 bits per heavy atom. The molecule has 0 saturated carbocycles. The van der Waals surface area contributed by atoms with Crippen LogP contribution in [0.1, 0.15) is 29.8 Å². The molecule has 4 nitrogen and oxygen atoms in total. The van der Waals surface area contributed by atoms with Crippen molar-refractivity contribution in [3.8, 4) is 11.5 Å². The van der Waals surface area contributed by atoms with E-state index in [1.165, 1.54) is 0 Å². The zero-order valence-electron chi connectivity index (χ0n) is 13.2. The SMILES string of the molecule is CCOc1ccc(CNc2ccc(C(C)=O)cc2)cc1OC. The zero-order valence-corrected chi connectivity index (χ0v) is 13.2. The van der Waals surface area contributed by atoms with E-state index in [1.807, 2.05) is 49.4 Å². The summed E-state index contributed by atoms with van der Waals surface area (Å²) in [7, 11) is 1.63. The van der Waals surface area contributed by atoms with Gasteiger partial charge in [-0.25, -0.2) is 0 Å². The molecular formula is C18H21NO3. The monoisotopic (exact) mass is 299 g/mol. The molecule has 0 aliphatic carbocycles. The Hall–Kier alpha value is -2.49. The molecule has 4 heteroatoms. The van der Waals surface area contributed by atoms with Gasteiger partial charge in [0, 0.05) is 17.8 Å². The lowest BCUT2D eigenvalue weighted by atomic mass is 10.1. The van der Waals surface area contributed by atoms with Crippen molar-refractivity contribution in [2.75, 3.05) is 19.0 Å². The van der Waals surface area contributed by atoms with Gasteiger partial charge < -0.3 is 14.8 Å². The first-order valence-electron chi connectivity index (χ1n) is 7.28. The summed E-state index contributed by atoms with van der Waals surface area (Å²) < 4.78 is 10.8. The van der Waals surface area contributed by atoms with Crippen molar-refractivity contribution < 1.29 is 14.3 Å². The fourth-order valence-electron chi connectivity index (χ4n) is 2.12. The number of hydrogen-bond acceptors (Lipinski definition) is 4. The lowest BCUT2D eigenvalue weighted by Gasteiger charge is -2.12. The minimum atomic E-state index is 0.0720. The summed E-state index contributed by atoms with van der Waals surface area (Å²) >= 11 is 0. The van der Waals surface area contributed by atoms with Gasteiger partial charge in [0.1, 0.15) is 0 Å². The molecule has 1 N–H and O–H groups in total. The molecule has 0 heterocycles. The van der Waals surface area contributed by atoms with Crippen molar-refractivity contribution in [2.45, 2.75) is 20.4 Å². The maximum atomic E-state index is 11.2. The second-order valence-corrected chi connectivity index (χ2v) is 4.91. The lowest BCUT2D eigenvalue weighted by Crippen LogP contribution is -2.02. The summed E-state index contributed by atoms with van der Waals surface area (Å²) in [5, 5.41) is 3.32. The summed E-state index contributed by atoms with van der Waals surface area (Å²) in [5.41, 5.74) is 2.78. The highest BCUT2D eigenvalue weighted by Gasteiger charge is 2.05. The number of carbonyl (C=O) groups excluding carboxylic acids is 1. The average molecular weight is 299 g/mol. The molecule has 2 aromatic rings.